The van der Waals surface area contributed by atoms with Crippen molar-refractivity contribution in [1.82, 2.24) is 10.2 Å². The number of aromatic nitrogens is 2. The first-order chi connectivity index (χ1) is 6.25. The lowest BCUT2D eigenvalue weighted by Gasteiger charge is -2.31. The van der Waals surface area contributed by atoms with Crippen LogP contribution in [0.1, 0.15) is 19.8 Å². The molecule has 1 aliphatic carbocycles. The quantitative estimate of drug-likeness (QED) is 0.720. The smallest absolute Gasteiger partial charge is 0.227 e. The number of nitrogens with one attached hydrogen (secondary N) is 2. The van der Waals surface area contributed by atoms with Crippen LogP contribution in [0.5, 0.6) is 0 Å². The summed E-state index contributed by atoms with van der Waals surface area (Å²) in [7, 11) is 0. The van der Waals surface area contributed by atoms with Gasteiger partial charge in [-0.1, -0.05) is 6.92 Å². The number of aromatic amines is 1. The number of carbonyl (C=O) groups excluding carboxylic acids is 1. The Morgan fingerprint density at radius 1 is 1.69 bits per heavy atom. The molecular weight excluding hydrogens is 166 g/mol. The molecule has 1 aromatic heterocycles. The molecule has 13 heavy (non-hydrogen) atoms. The van der Waals surface area contributed by atoms with Crippen LogP contribution in [-0.2, 0) is 4.79 Å². The third-order valence-electron chi connectivity index (χ3n) is 2.51. The highest BCUT2D eigenvalue weighted by molar-refractivity contribution is 5.92. The van der Waals surface area contributed by atoms with Gasteiger partial charge in [0.05, 0.1) is 11.9 Å². The zero-order chi connectivity index (χ0) is 9.26. The van der Waals surface area contributed by atoms with E-state index in [1.807, 2.05) is 0 Å². The molecule has 1 amide bonds. The molecule has 0 saturated heterocycles. The maximum absolute atomic E-state index is 11.5. The number of H-pyrrole nitrogens is 1. The van der Waals surface area contributed by atoms with Crippen molar-refractivity contribution in [1.29, 1.82) is 0 Å². The lowest BCUT2D eigenvalue weighted by molar-refractivity contribution is -0.123. The van der Waals surface area contributed by atoms with E-state index in [9.17, 15) is 4.79 Å². The normalized spacial score (nSPS) is 26.5. The number of hydrogen-bond acceptors (Lipinski definition) is 2. The molecule has 1 saturated carbocycles. The third kappa shape index (κ3) is 1.71. The van der Waals surface area contributed by atoms with Gasteiger partial charge in [-0.3, -0.25) is 9.89 Å². The molecule has 0 bridgehead atoms. The summed E-state index contributed by atoms with van der Waals surface area (Å²) in [6.07, 6.45) is 5.33. The minimum absolute atomic E-state index is 0.125. The molecule has 4 nitrogen and oxygen atoms in total. The molecule has 0 unspecified atom stereocenters. The van der Waals surface area contributed by atoms with Gasteiger partial charge >= 0.3 is 0 Å². The van der Waals surface area contributed by atoms with Gasteiger partial charge in [0.15, 0.2) is 0 Å². The van der Waals surface area contributed by atoms with Crippen LogP contribution in [0.3, 0.4) is 0 Å². The van der Waals surface area contributed by atoms with Crippen LogP contribution < -0.4 is 5.32 Å². The number of nitrogens with zero attached hydrogens (tertiary/aromatic N) is 1. The highest BCUT2D eigenvalue weighted by atomic mass is 16.1. The standard InChI is InChI=1S/C9H13N3O/c1-6-2-7(3-6)9(13)12-8-4-10-11-5-8/h4-7H,2-3H2,1H3,(H,10,11)(H,12,13). The van der Waals surface area contributed by atoms with Crippen molar-refractivity contribution in [3.05, 3.63) is 12.4 Å². The molecule has 0 radical (unpaired) electrons. The Labute approximate surface area is 76.7 Å². The van der Waals surface area contributed by atoms with E-state index in [4.69, 9.17) is 0 Å². The van der Waals surface area contributed by atoms with Crippen molar-refractivity contribution in [2.75, 3.05) is 5.32 Å². The highest BCUT2D eigenvalue weighted by Gasteiger charge is 2.31. The van der Waals surface area contributed by atoms with Crippen LogP contribution in [0.25, 0.3) is 0 Å². The molecule has 1 aromatic rings. The second-order valence-electron chi connectivity index (χ2n) is 3.75. The Kier molecular flexibility index (Phi) is 2.04. The van der Waals surface area contributed by atoms with Gasteiger partial charge in [0, 0.05) is 12.1 Å². The van der Waals surface area contributed by atoms with Crippen molar-refractivity contribution in [2.45, 2.75) is 19.8 Å². The van der Waals surface area contributed by atoms with E-state index in [0.29, 0.717) is 5.92 Å². The average Bonchev–Trinajstić information content (AvgIpc) is 2.51. The van der Waals surface area contributed by atoms with Gasteiger partial charge in [-0.15, -0.1) is 0 Å². The first-order valence-corrected chi connectivity index (χ1v) is 4.55. The number of anilines is 1. The molecule has 2 N–H and O–H groups in total. The molecular formula is C9H13N3O. The zero-order valence-electron chi connectivity index (χ0n) is 7.58. The maximum Gasteiger partial charge on any atom is 0.227 e. The first kappa shape index (κ1) is 8.29. The first-order valence-electron chi connectivity index (χ1n) is 4.55. The minimum atomic E-state index is 0.125. The number of hydrogen-bond donors (Lipinski definition) is 2. The van der Waals surface area contributed by atoms with E-state index >= 15 is 0 Å². The van der Waals surface area contributed by atoms with E-state index in [1.54, 1.807) is 12.4 Å². The van der Waals surface area contributed by atoms with E-state index < -0.39 is 0 Å². The molecule has 4 heteroatoms. The predicted octanol–water partition coefficient (Wildman–Crippen LogP) is 1.39. The van der Waals surface area contributed by atoms with Crippen LogP contribution in [0.2, 0.25) is 0 Å². The summed E-state index contributed by atoms with van der Waals surface area (Å²) in [5.41, 5.74) is 0.754. The van der Waals surface area contributed by atoms with Gasteiger partial charge in [0.2, 0.25) is 5.91 Å². The predicted molar refractivity (Wildman–Crippen MR) is 49.1 cm³/mol. The summed E-state index contributed by atoms with van der Waals surface area (Å²) in [4.78, 5) is 11.5. The van der Waals surface area contributed by atoms with Crippen molar-refractivity contribution in [2.24, 2.45) is 11.8 Å². The van der Waals surface area contributed by atoms with Crippen molar-refractivity contribution in [3.8, 4) is 0 Å². The zero-order valence-corrected chi connectivity index (χ0v) is 7.58. The van der Waals surface area contributed by atoms with Crippen LogP contribution in [0, 0.1) is 11.8 Å². The molecule has 1 aliphatic rings. The van der Waals surface area contributed by atoms with Crippen LogP contribution in [0.15, 0.2) is 12.4 Å². The number of carbonyl (C=O) groups is 1. The number of amides is 1. The summed E-state index contributed by atoms with van der Waals surface area (Å²) in [5, 5.41) is 9.22. The third-order valence-corrected chi connectivity index (χ3v) is 2.51. The fourth-order valence-corrected chi connectivity index (χ4v) is 1.68. The largest absolute Gasteiger partial charge is 0.323 e. The fraction of sp³-hybridized carbons (Fsp3) is 0.556. The van der Waals surface area contributed by atoms with Crippen molar-refractivity contribution < 1.29 is 4.79 Å². The average molecular weight is 179 g/mol. The monoisotopic (exact) mass is 179 g/mol. The van der Waals surface area contributed by atoms with E-state index in [1.165, 1.54) is 0 Å². The molecule has 70 valence electrons. The Balaban J connectivity index is 1.86. The van der Waals surface area contributed by atoms with Crippen LogP contribution in [-0.4, -0.2) is 16.1 Å². The Hall–Kier alpha value is -1.32. The van der Waals surface area contributed by atoms with E-state index in [0.717, 1.165) is 18.5 Å². The highest BCUT2D eigenvalue weighted by Crippen LogP contribution is 2.33. The Bertz CT molecular complexity index is 288. The molecule has 1 heterocycles. The van der Waals surface area contributed by atoms with E-state index in [-0.39, 0.29) is 11.8 Å². The van der Waals surface area contributed by atoms with Crippen molar-refractivity contribution in [3.63, 3.8) is 0 Å². The van der Waals surface area contributed by atoms with Crippen molar-refractivity contribution >= 4 is 11.6 Å². The topological polar surface area (TPSA) is 57.8 Å². The molecule has 0 spiro atoms. The lowest BCUT2D eigenvalue weighted by Crippen LogP contribution is -2.33. The van der Waals surface area contributed by atoms with Gasteiger partial charge in [0.1, 0.15) is 0 Å². The molecule has 0 aliphatic heterocycles. The fourth-order valence-electron chi connectivity index (χ4n) is 1.68. The molecule has 1 fully saturated rings. The van der Waals surface area contributed by atoms with Crippen LogP contribution >= 0.6 is 0 Å². The lowest BCUT2D eigenvalue weighted by atomic mass is 9.76. The summed E-state index contributed by atoms with van der Waals surface area (Å²) in [6.45, 7) is 2.17. The van der Waals surface area contributed by atoms with E-state index in [2.05, 4.69) is 22.4 Å². The minimum Gasteiger partial charge on any atom is -0.323 e. The summed E-state index contributed by atoms with van der Waals surface area (Å²) >= 11 is 0. The number of rotatable bonds is 2. The van der Waals surface area contributed by atoms with Gasteiger partial charge in [-0.25, -0.2) is 0 Å². The SMILES string of the molecule is CC1CC(C(=O)Nc2cn[nH]c2)C1. The summed E-state index contributed by atoms with van der Waals surface area (Å²) in [5.74, 6) is 1.05. The second kappa shape index (κ2) is 3.20. The van der Waals surface area contributed by atoms with Gasteiger partial charge < -0.3 is 5.32 Å². The molecule has 0 atom stereocenters. The molecule has 2 rings (SSSR count). The summed E-state index contributed by atoms with van der Waals surface area (Å²) in [6, 6.07) is 0. The molecule has 0 aromatic carbocycles. The van der Waals surface area contributed by atoms with Gasteiger partial charge in [0.25, 0.3) is 0 Å². The maximum atomic E-state index is 11.5. The van der Waals surface area contributed by atoms with Crippen LogP contribution in [0.4, 0.5) is 5.69 Å². The second-order valence-corrected chi connectivity index (χ2v) is 3.75. The van der Waals surface area contributed by atoms with Gasteiger partial charge in [-0.05, 0) is 18.8 Å². The summed E-state index contributed by atoms with van der Waals surface area (Å²) < 4.78 is 0. The van der Waals surface area contributed by atoms with Gasteiger partial charge in [-0.2, -0.15) is 5.10 Å². The Morgan fingerprint density at radius 2 is 2.46 bits per heavy atom. The Morgan fingerprint density at radius 3 is 3.00 bits per heavy atom.